The van der Waals surface area contributed by atoms with Gasteiger partial charge in [-0.05, 0) is 0 Å². The maximum atomic E-state index is 12.6. The summed E-state index contributed by atoms with van der Waals surface area (Å²) in [5.41, 5.74) is 0. The second-order valence-corrected chi connectivity index (χ2v) is 12.2. The van der Waals surface area contributed by atoms with E-state index in [1.165, 1.54) is 6.92 Å². The molecule has 1 aliphatic rings. The molecule has 1 fully saturated rings. The third-order valence-electron chi connectivity index (χ3n) is 2.69. The Labute approximate surface area is 115 Å². The number of amides is 1. The van der Waals surface area contributed by atoms with Gasteiger partial charge in [0.15, 0.2) is 0 Å². The van der Waals surface area contributed by atoms with Gasteiger partial charge in [0.1, 0.15) is 0 Å². The van der Waals surface area contributed by atoms with Gasteiger partial charge in [-0.1, -0.05) is 0 Å². The SMILES string of the molecule is C[I-]C(C)(C(=O)NCCC(C)F)C1NI1C. The third-order valence-corrected chi connectivity index (χ3v) is 11.6. The van der Waals surface area contributed by atoms with Crippen molar-refractivity contribution in [1.29, 1.82) is 0 Å². The summed E-state index contributed by atoms with van der Waals surface area (Å²) in [6.45, 7) is 4.05. The molecule has 1 aliphatic heterocycles. The van der Waals surface area contributed by atoms with Gasteiger partial charge in [-0.25, -0.2) is 0 Å². The van der Waals surface area contributed by atoms with E-state index in [0.29, 0.717) is 17.0 Å². The van der Waals surface area contributed by atoms with Crippen molar-refractivity contribution >= 4 is 26.0 Å². The fraction of sp³-hybridized carbons (Fsp3) is 0.900. The van der Waals surface area contributed by atoms with Crippen LogP contribution in [0, 0.1) is 0 Å². The van der Waals surface area contributed by atoms with Crippen molar-refractivity contribution in [3.63, 3.8) is 0 Å². The molecule has 1 heterocycles. The Morgan fingerprint density at radius 2 is 2.31 bits per heavy atom. The molecular weight excluding hydrogens is 437 g/mol. The predicted molar refractivity (Wildman–Crippen MR) is 69.4 cm³/mol. The quantitative estimate of drug-likeness (QED) is 0.165. The van der Waals surface area contributed by atoms with Crippen LogP contribution >= 0.6 is 20.1 Å². The Morgan fingerprint density at radius 3 is 2.69 bits per heavy atom. The van der Waals surface area contributed by atoms with Gasteiger partial charge in [-0.3, -0.25) is 0 Å². The number of alkyl halides is 5. The van der Waals surface area contributed by atoms with E-state index < -0.39 is 26.3 Å². The molecule has 1 rings (SSSR count). The Balaban J connectivity index is 2.43. The number of hydrogen-bond acceptors (Lipinski definition) is 2. The topological polar surface area (TPSA) is 51.0 Å². The number of carbonyl (C=O) groups excluding carboxylic acids is 1. The predicted octanol–water partition coefficient (Wildman–Crippen LogP) is -1.69. The van der Waals surface area contributed by atoms with Crippen LogP contribution < -0.4 is 30.1 Å². The minimum absolute atomic E-state index is 0.127. The number of rotatable bonds is 6. The molecule has 0 spiro atoms. The van der Waals surface area contributed by atoms with Crippen LogP contribution in [0.2, 0.25) is 0 Å². The van der Waals surface area contributed by atoms with Crippen molar-refractivity contribution in [2.24, 2.45) is 0 Å². The van der Waals surface area contributed by atoms with Crippen LogP contribution in [-0.2, 0) is 4.79 Å². The Bertz CT molecular complexity index is 265. The zero-order valence-corrected chi connectivity index (χ0v) is 14.4. The summed E-state index contributed by atoms with van der Waals surface area (Å²) in [7, 11) is 0. The van der Waals surface area contributed by atoms with Crippen molar-refractivity contribution in [3.05, 3.63) is 0 Å². The molecule has 2 N–H and O–H groups in total. The second-order valence-electron chi connectivity index (χ2n) is 4.08. The van der Waals surface area contributed by atoms with Gasteiger partial charge >= 0.3 is 116 Å². The molecular formula is C10H20FI2N2O-. The number of halogens is 3. The van der Waals surface area contributed by atoms with Crippen LogP contribution in [0.5, 0.6) is 0 Å². The van der Waals surface area contributed by atoms with Crippen molar-refractivity contribution in [3.8, 4) is 0 Å². The molecule has 6 heteroatoms. The zero-order valence-electron chi connectivity index (χ0n) is 10.1. The summed E-state index contributed by atoms with van der Waals surface area (Å²) in [4.78, 5) is 16.5. The van der Waals surface area contributed by atoms with Crippen LogP contribution in [0.25, 0.3) is 0 Å². The van der Waals surface area contributed by atoms with Gasteiger partial charge in [0, 0.05) is 0 Å². The molecule has 0 aromatic heterocycles. The van der Waals surface area contributed by atoms with E-state index in [2.05, 4.69) is 25.6 Å². The molecule has 16 heavy (non-hydrogen) atoms. The van der Waals surface area contributed by atoms with Crippen molar-refractivity contribution < 1.29 is 30.4 Å². The normalized spacial score (nSPS) is 27.3. The van der Waals surface area contributed by atoms with Crippen LogP contribution in [0.1, 0.15) is 20.3 Å². The first-order chi connectivity index (χ1) is 7.41. The van der Waals surface area contributed by atoms with Gasteiger partial charge in [-0.2, -0.15) is 0 Å². The standard InChI is InChI=1S/C10H20FI2N2O/c1-7(11)5-6-14-9(16)10(2,12-3)8-13(4)15-8/h7-8,15H,5-6H2,1-4H3,(H,14,16)/q-1. The first-order valence-electron chi connectivity index (χ1n) is 5.19. The van der Waals surface area contributed by atoms with Gasteiger partial charge in [0.2, 0.25) is 0 Å². The van der Waals surface area contributed by atoms with Crippen LogP contribution in [0.15, 0.2) is 0 Å². The second kappa shape index (κ2) is 6.12. The van der Waals surface area contributed by atoms with Crippen molar-refractivity contribution in [1.82, 2.24) is 8.85 Å². The van der Waals surface area contributed by atoms with E-state index in [-0.39, 0.29) is 30.5 Å². The van der Waals surface area contributed by atoms with E-state index in [0.717, 1.165) is 0 Å². The van der Waals surface area contributed by atoms with Crippen LogP contribution in [0.3, 0.4) is 0 Å². The minimum atomic E-state index is -0.974. The zero-order chi connectivity index (χ0) is 12.3. The number of carbonyl (C=O) groups is 1. The van der Waals surface area contributed by atoms with E-state index in [1.807, 2.05) is 0 Å². The maximum absolute atomic E-state index is 12.6. The molecule has 1 saturated heterocycles. The molecule has 0 aromatic rings. The Hall–Kier alpha value is 0.820. The molecule has 0 aromatic carbocycles. The molecule has 3 unspecified atom stereocenters. The third kappa shape index (κ3) is 3.66. The molecule has 0 radical (unpaired) electrons. The van der Waals surface area contributed by atoms with Crippen LogP contribution in [-0.4, -0.2) is 36.0 Å². The van der Waals surface area contributed by atoms with Gasteiger partial charge in [0.05, 0.1) is 0 Å². The average Bonchev–Trinajstić information content (AvgIpc) is 2.94. The van der Waals surface area contributed by atoms with Crippen LogP contribution in [0.4, 0.5) is 4.39 Å². The number of hydrogen-bond donors (Lipinski definition) is 2. The first kappa shape index (κ1) is 14.9. The first-order valence-corrected chi connectivity index (χ1v) is 12.9. The molecule has 0 aliphatic carbocycles. The molecule has 98 valence electrons. The van der Waals surface area contributed by atoms with E-state index in [1.54, 1.807) is 0 Å². The monoisotopic (exact) mass is 457 g/mol. The van der Waals surface area contributed by atoms with Crippen molar-refractivity contribution in [2.75, 3.05) is 16.4 Å². The summed E-state index contributed by atoms with van der Waals surface area (Å²) in [6.07, 6.45) is -0.424. The van der Waals surface area contributed by atoms with Gasteiger partial charge in [0.25, 0.3) is 0 Å². The van der Waals surface area contributed by atoms with Gasteiger partial charge < -0.3 is 0 Å². The summed E-state index contributed by atoms with van der Waals surface area (Å²) in [5, 5.41) is 2.88. The number of nitrogens with one attached hydrogen (secondary N) is 2. The summed E-state index contributed by atoms with van der Waals surface area (Å²) >= 11 is -1.12. The fourth-order valence-electron chi connectivity index (χ4n) is 1.39. The average molecular weight is 457 g/mol. The molecule has 3 atom stereocenters. The molecule has 0 saturated carbocycles. The van der Waals surface area contributed by atoms with Gasteiger partial charge in [-0.15, -0.1) is 0 Å². The summed E-state index contributed by atoms with van der Waals surface area (Å²) < 4.78 is 16.4. The Kier molecular flexibility index (Phi) is 5.69. The Morgan fingerprint density at radius 1 is 1.75 bits per heavy atom. The fourth-order valence-corrected chi connectivity index (χ4v) is 12.3. The summed E-state index contributed by atoms with van der Waals surface area (Å²) in [6, 6.07) is 0. The van der Waals surface area contributed by atoms with E-state index in [4.69, 9.17) is 0 Å². The van der Waals surface area contributed by atoms with E-state index >= 15 is 0 Å². The molecule has 3 nitrogen and oxygen atoms in total. The summed E-state index contributed by atoms with van der Waals surface area (Å²) in [5.74, 6) is 0.127. The molecule has 1 amide bonds. The molecule has 0 bridgehead atoms. The van der Waals surface area contributed by atoms with Crippen molar-refractivity contribution in [2.45, 2.75) is 33.9 Å². The van der Waals surface area contributed by atoms with E-state index in [9.17, 15) is 9.18 Å².